The fourth-order valence-corrected chi connectivity index (χ4v) is 2.93. The van der Waals surface area contributed by atoms with E-state index in [0.29, 0.717) is 17.4 Å². The molecule has 2 unspecified atom stereocenters. The van der Waals surface area contributed by atoms with Gasteiger partial charge in [0.25, 0.3) is 5.91 Å². The second kappa shape index (κ2) is 5.13. The first kappa shape index (κ1) is 12.5. The van der Waals surface area contributed by atoms with Gasteiger partial charge < -0.3 is 9.32 Å². The van der Waals surface area contributed by atoms with Gasteiger partial charge in [0.1, 0.15) is 5.76 Å². The number of rotatable bonds is 3. The lowest BCUT2D eigenvalue weighted by Crippen LogP contribution is -2.38. The first-order chi connectivity index (χ1) is 8.19. The van der Waals surface area contributed by atoms with Crippen molar-refractivity contribution >= 4 is 17.5 Å². The number of likely N-dealkylation sites (tertiary alicyclic amines) is 1. The Kier molecular flexibility index (Phi) is 3.77. The van der Waals surface area contributed by atoms with Crippen molar-refractivity contribution in [1.82, 2.24) is 4.90 Å². The van der Waals surface area contributed by atoms with Gasteiger partial charge in [-0.15, -0.1) is 11.6 Å². The molecule has 0 aromatic carbocycles. The number of hydrogen-bond acceptors (Lipinski definition) is 2. The second-order valence-corrected chi connectivity index (χ2v) is 4.91. The number of aryl methyl sites for hydroxylation is 1. The lowest BCUT2D eigenvalue weighted by molar-refractivity contribution is 0.0735. The third-order valence-corrected chi connectivity index (χ3v) is 3.91. The maximum atomic E-state index is 12.4. The van der Waals surface area contributed by atoms with Crippen LogP contribution in [-0.4, -0.2) is 29.3 Å². The van der Waals surface area contributed by atoms with Crippen LogP contribution in [0.25, 0.3) is 0 Å². The van der Waals surface area contributed by atoms with Gasteiger partial charge in [0.15, 0.2) is 0 Å². The quantitative estimate of drug-likeness (QED) is 0.778. The molecule has 0 bridgehead atoms. The standard InChI is InChI=1S/C13H18ClNO2/c1-3-12-10(5-7-17-12)13(16)15-6-4-9(2)11(15)8-14/h5,7,9,11H,3-4,6,8H2,1-2H3. The summed E-state index contributed by atoms with van der Waals surface area (Å²) < 4.78 is 5.31. The minimum absolute atomic E-state index is 0.0607. The van der Waals surface area contributed by atoms with Gasteiger partial charge in [-0.2, -0.15) is 0 Å². The predicted octanol–water partition coefficient (Wildman–Crippen LogP) is 2.93. The molecule has 1 aliphatic heterocycles. The highest BCUT2D eigenvalue weighted by atomic mass is 35.5. The Morgan fingerprint density at radius 3 is 3.06 bits per heavy atom. The minimum Gasteiger partial charge on any atom is -0.469 e. The normalized spacial score (nSPS) is 24.3. The lowest BCUT2D eigenvalue weighted by atomic mass is 10.0. The smallest absolute Gasteiger partial charge is 0.257 e. The molecule has 17 heavy (non-hydrogen) atoms. The number of carbonyl (C=O) groups excluding carboxylic acids is 1. The molecule has 1 aliphatic rings. The van der Waals surface area contributed by atoms with Gasteiger partial charge in [0.05, 0.1) is 11.8 Å². The molecule has 1 saturated heterocycles. The molecule has 2 atom stereocenters. The third kappa shape index (κ3) is 2.21. The molecular weight excluding hydrogens is 238 g/mol. The van der Waals surface area contributed by atoms with E-state index in [-0.39, 0.29) is 11.9 Å². The van der Waals surface area contributed by atoms with E-state index in [2.05, 4.69) is 6.92 Å². The Bertz CT molecular complexity index is 402. The van der Waals surface area contributed by atoms with Crippen LogP contribution in [0.2, 0.25) is 0 Å². The van der Waals surface area contributed by atoms with Crippen molar-refractivity contribution in [3.63, 3.8) is 0 Å². The average molecular weight is 256 g/mol. The molecule has 1 fully saturated rings. The summed E-state index contributed by atoms with van der Waals surface area (Å²) in [6.45, 7) is 4.93. The predicted molar refractivity (Wildman–Crippen MR) is 67.4 cm³/mol. The highest BCUT2D eigenvalue weighted by molar-refractivity contribution is 6.18. The number of alkyl halides is 1. The Morgan fingerprint density at radius 1 is 1.65 bits per heavy atom. The number of amides is 1. The Labute approximate surface area is 107 Å². The van der Waals surface area contributed by atoms with E-state index >= 15 is 0 Å². The Hall–Kier alpha value is -0.960. The maximum Gasteiger partial charge on any atom is 0.257 e. The van der Waals surface area contributed by atoms with Crippen LogP contribution in [0.15, 0.2) is 16.7 Å². The molecule has 0 radical (unpaired) electrons. The van der Waals surface area contributed by atoms with E-state index in [1.165, 1.54) is 0 Å². The maximum absolute atomic E-state index is 12.4. The zero-order chi connectivity index (χ0) is 12.4. The molecule has 1 aromatic rings. The molecule has 94 valence electrons. The minimum atomic E-state index is 0.0607. The van der Waals surface area contributed by atoms with Gasteiger partial charge in [-0.05, 0) is 18.4 Å². The Morgan fingerprint density at radius 2 is 2.41 bits per heavy atom. The molecule has 0 aliphatic carbocycles. The summed E-state index contributed by atoms with van der Waals surface area (Å²) in [7, 11) is 0. The van der Waals surface area contributed by atoms with E-state index in [9.17, 15) is 4.79 Å². The van der Waals surface area contributed by atoms with E-state index in [4.69, 9.17) is 16.0 Å². The number of halogens is 1. The molecule has 1 aromatic heterocycles. The van der Waals surface area contributed by atoms with Crippen LogP contribution in [0.5, 0.6) is 0 Å². The average Bonchev–Trinajstić information content (AvgIpc) is 2.93. The molecule has 2 rings (SSSR count). The lowest BCUT2D eigenvalue weighted by Gasteiger charge is -2.25. The van der Waals surface area contributed by atoms with Crippen LogP contribution in [-0.2, 0) is 6.42 Å². The van der Waals surface area contributed by atoms with Crippen molar-refractivity contribution in [2.75, 3.05) is 12.4 Å². The topological polar surface area (TPSA) is 33.5 Å². The fourth-order valence-electron chi connectivity index (χ4n) is 2.46. The zero-order valence-corrected chi connectivity index (χ0v) is 11.0. The first-order valence-electron chi connectivity index (χ1n) is 6.12. The molecular formula is C13H18ClNO2. The second-order valence-electron chi connectivity index (χ2n) is 4.60. The van der Waals surface area contributed by atoms with Gasteiger partial charge >= 0.3 is 0 Å². The van der Waals surface area contributed by atoms with E-state index in [1.54, 1.807) is 12.3 Å². The number of hydrogen-bond donors (Lipinski definition) is 0. The summed E-state index contributed by atoms with van der Waals surface area (Å²) in [5.41, 5.74) is 0.691. The van der Waals surface area contributed by atoms with Crippen molar-refractivity contribution in [3.8, 4) is 0 Å². The molecule has 0 saturated carbocycles. The third-order valence-electron chi connectivity index (χ3n) is 3.60. The largest absolute Gasteiger partial charge is 0.469 e. The van der Waals surface area contributed by atoms with Crippen LogP contribution < -0.4 is 0 Å². The van der Waals surface area contributed by atoms with Crippen LogP contribution >= 0.6 is 11.6 Å². The van der Waals surface area contributed by atoms with Crippen LogP contribution in [0.3, 0.4) is 0 Å². The molecule has 2 heterocycles. The molecule has 0 spiro atoms. The van der Waals surface area contributed by atoms with Gasteiger partial charge in [-0.25, -0.2) is 0 Å². The summed E-state index contributed by atoms with van der Waals surface area (Å²) in [4.78, 5) is 14.3. The highest BCUT2D eigenvalue weighted by Crippen LogP contribution is 2.27. The molecule has 0 N–H and O–H groups in total. The highest BCUT2D eigenvalue weighted by Gasteiger charge is 2.35. The van der Waals surface area contributed by atoms with Gasteiger partial charge in [-0.1, -0.05) is 13.8 Å². The molecule has 1 amide bonds. The number of furan rings is 1. The first-order valence-corrected chi connectivity index (χ1v) is 6.65. The van der Waals surface area contributed by atoms with Gasteiger partial charge in [0, 0.05) is 24.9 Å². The van der Waals surface area contributed by atoms with Gasteiger partial charge in [0.2, 0.25) is 0 Å². The summed E-state index contributed by atoms with van der Waals surface area (Å²) in [5, 5.41) is 0. The van der Waals surface area contributed by atoms with Crippen molar-refractivity contribution in [2.45, 2.75) is 32.7 Å². The number of carbonyl (C=O) groups is 1. The van der Waals surface area contributed by atoms with Crippen LogP contribution in [0, 0.1) is 5.92 Å². The zero-order valence-electron chi connectivity index (χ0n) is 10.3. The van der Waals surface area contributed by atoms with E-state index in [1.807, 2.05) is 11.8 Å². The van der Waals surface area contributed by atoms with Gasteiger partial charge in [-0.3, -0.25) is 4.79 Å². The van der Waals surface area contributed by atoms with E-state index < -0.39 is 0 Å². The SMILES string of the molecule is CCc1occc1C(=O)N1CCC(C)C1CCl. The van der Waals surface area contributed by atoms with E-state index in [0.717, 1.165) is 25.1 Å². The van der Waals surface area contributed by atoms with Crippen molar-refractivity contribution in [3.05, 3.63) is 23.7 Å². The molecule has 4 heteroatoms. The van der Waals surface area contributed by atoms with Crippen molar-refractivity contribution < 1.29 is 9.21 Å². The number of nitrogens with zero attached hydrogens (tertiary/aromatic N) is 1. The summed E-state index contributed by atoms with van der Waals surface area (Å²) >= 11 is 5.96. The van der Waals surface area contributed by atoms with Crippen LogP contribution in [0.4, 0.5) is 0 Å². The monoisotopic (exact) mass is 255 g/mol. The van der Waals surface area contributed by atoms with Crippen molar-refractivity contribution in [1.29, 1.82) is 0 Å². The molecule has 3 nitrogen and oxygen atoms in total. The van der Waals surface area contributed by atoms with Crippen molar-refractivity contribution in [2.24, 2.45) is 5.92 Å². The summed E-state index contributed by atoms with van der Waals surface area (Å²) in [6, 6.07) is 1.92. The van der Waals surface area contributed by atoms with Crippen LogP contribution in [0.1, 0.15) is 36.4 Å². The Balaban J connectivity index is 2.20. The fraction of sp³-hybridized carbons (Fsp3) is 0.615. The summed E-state index contributed by atoms with van der Waals surface area (Å²) in [6.07, 6.45) is 3.35. The summed E-state index contributed by atoms with van der Waals surface area (Å²) in [5.74, 6) is 1.81.